The Hall–Kier alpha value is -1.98. The number of rotatable bonds is 11. The molecule has 4 nitrogen and oxygen atoms in total. The summed E-state index contributed by atoms with van der Waals surface area (Å²) in [5.74, 6) is 0.765. The van der Waals surface area contributed by atoms with Crippen molar-refractivity contribution in [1.29, 1.82) is 0 Å². The topological polar surface area (TPSA) is 49.4 Å². The summed E-state index contributed by atoms with van der Waals surface area (Å²) in [6.07, 6.45) is 1.74. The van der Waals surface area contributed by atoms with Gasteiger partial charge >= 0.3 is 0 Å². The highest BCUT2D eigenvalue weighted by Gasteiger charge is 2.28. The molecule has 0 aromatic heterocycles. The summed E-state index contributed by atoms with van der Waals surface area (Å²) < 4.78 is 0. The van der Waals surface area contributed by atoms with Crippen LogP contribution in [0, 0.1) is 6.92 Å². The van der Waals surface area contributed by atoms with Gasteiger partial charge in [-0.2, -0.15) is 0 Å². The number of halogens is 1. The standard InChI is InChI=1S/C25H33ClN2O2S/c1-5-23(25(30)27-18(2)3)28(17-20-10-7-6-9-19(20)4)24(29)11-8-16-31-22-14-12-21(26)13-15-22/h6-7,9-10,12-15,18,23H,5,8,11,16-17H2,1-4H3,(H,27,30)/t23-/m1/s1. The second-order valence-electron chi connectivity index (χ2n) is 7.94. The largest absolute Gasteiger partial charge is 0.352 e. The van der Waals surface area contributed by atoms with Crippen LogP contribution in [0.4, 0.5) is 0 Å². The van der Waals surface area contributed by atoms with Gasteiger partial charge < -0.3 is 10.2 Å². The van der Waals surface area contributed by atoms with Gasteiger partial charge in [0.05, 0.1) is 0 Å². The normalized spacial score (nSPS) is 11.9. The lowest BCUT2D eigenvalue weighted by molar-refractivity contribution is -0.141. The smallest absolute Gasteiger partial charge is 0.243 e. The second-order valence-corrected chi connectivity index (χ2v) is 9.55. The Morgan fingerprint density at radius 2 is 1.77 bits per heavy atom. The lowest BCUT2D eigenvalue weighted by atomic mass is 10.1. The number of hydrogen-bond donors (Lipinski definition) is 1. The number of nitrogens with zero attached hydrogens (tertiary/aromatic N) is 1. The van der Waals surface area contributed by atoms with Gasteiger partial charge in [0.25, 0.3) is 0 Å². The zero-order chi connectivity index (χ0) is 22.8. The van der Waals surface area contributed by atoms with Gasteiger partial charge in [0.1, 0.15) is 6.04 Å². The Kier molecular flexibility index (Phi) is 10.4. The fraction of sp³-hybridized carbons (Fsp3) is 0.440. The van der Waals surface area contributed by atoms with E-state index in [-0.39, 0.29) is 17.9 Å². The zero-order valence-electron chi connectivity index (χ0n) is 18.9. The average molecular weight is 461 g/mol. The molecule has 0 bridgehead atoms. The first-order valence-electron chi connectivity index (χ1n) is 10.8. The molecule has 1 N–H and O–H groups in total. The van der Waals surface area contributed by atoms with Crippen molar-refractivity contribution in [2.75, 3.05) is 5.75 Å². The van der Waals surface area contributed by atoms with Crippen LogP contribution in [0.25, 0.3) is 0 Å². The Labute approximate surface area is 195 Å². The van der Waals surface area contributed by atoms with E-state index in [1.54, 1.807) is 16.7 Å². The maximum absolute atomic E-state index is 13.2. The van der Waals surface area contributed by atoms with Crippen molar-refractivity contribution in [3.05, 3.63) is 64.7 Å². The van der Waals surface area contributed by atoms with E-state index >= 15 is 0 Å². The lowest BCUT2D eigenvalue weighted by Gasteiger charge is -2.31. The number of amides is 2. The van der Waals surface area contributed by atoms with E-state index in [9.17, 15) is 9.59 Å². The minimum absolute atomic E-state index is 0.0192. The van der Waals surface area contributed by atoms with Crippen LogP contribution >= 0.6 is 23.4 Å². The quantitative estimate of drug-likeness (QED) is 0.338. The molecule has 2 aromatic carbocycles. The Balaban J connectivity index is 2.06. The van der Waals surface area contributed by atoms with Crippen molar-refractivity contribution < 1.29 is 9.59 Å². The van der Waals surface area contributed by atoms with Crippen LogP contribution in [0.2, 0.25) is 5.02 Å². The SMILES string of the molecule is CC[C@H](C(=O)NC(C)C)N(Cc1ccccc1C)C(=O)CCCSc1ccc(Cl)cc1. The van der Waals surface area contributed by atoms with Gasteiger partial charge in [-0.15, -0.1) is 11.8 Å². The molecule has 0 spiro atoms. The third kappa shape index (κ3) is 8.23. The predicted octanol–water partition coefficient (Wildman–Crippen LogP) is 5.85. The van der Waals surface area contributed by atoms with Crippen LogP contribution < -0.4 is 5.32 Å². The van der Waals surface area contributed by atoms with Gasteiger partial charge in [-0.05, 0) is 74.8 Å². The number of thioether (sulfide) groups is 1. The molecule has 0 saturated carbocycles. The molecule has 0 heterocycles. The summed E-state index contributed by atoms with van der Waals surface area (Å²) in [4.78, 5) is 28.9. The molecule has 2 amide bonds. The van der Waals surface area contributed by atoms with Gasteiger partial charge in [0.2, 0.25) is 11.8 Å². The number of carbonyl (C=O) groups is 2. The summed E-state index contributed by atoms with van der Waals surface area (Å²) in [6.45, 7) is 8.31. The maximum atomic E-state index is 13.2. The Bertz CT molecular complexity index is 855. The molecule has 0 unspecified atom stereocenters. The van der Waals surface area contributed by atoms with E-state index in [2.05, 4.69) is 5.32 Å². The Morgan fingerprint density at radius 1 is 1.10 bits per heavy atom. The molecule has 2 aromatic rings. The zero-order valence-corrected chi connectivity index (χ0v) is 20.4. The molecular formula is C25H33ClN2O2S. The number of benzene rings is 2. The monoisotopic (exact) mass is 460 g/mol. The van der Waals surface area contributed by atoms with E-state index in [0.717, 1.165) is 33.2 Å². The van der Waals surface area contributed by atoms with Gasteiger partial charge in [0, 0.05) is 28.9 Å². The first-order valence-corrected chi connectivity index (χ1v) is 12.2. The summed E-state index contributed by atoms with van der Waals surface area (Å²) in [7, 11) is 0. The molecule has 6 heteroatoms. The number of carbonyl (C=O) groups excluding carboxylic acids is 2. The average Bonchev–Trinajstić information content (AvgIpc) is 2.73. The summed E-state index contributed by atoms with van der Waals surface area (Å²) in [5, 5.41) is 3.69. The minimum atomic E-state index is -0.474. The third-order valence-corrected chi connectivity index (χ3v) is 6.39. The molecule has 0 saturated heterocycles. The van der Waals surface area contributed by atoms with Crippen LogP contribution in [0.3, 0.4) is 0 Å². The molecule has 0 aliphatic heterocycles. The minimum Gasteiger partial charge on any atom is -0.352 e. The van der Waals surface area contributed by atoms with Gasteiger partial charge in [0.15, 0.2) is 0 Å². The predicted molar refractivity (Wildman–Crippen MR) is 130 cm³/mol. The van der Waals surface area contributed by atoms with Gasteiger partial charge in [-0.3, -0.25) is 9.59 Å². The van der Waals surface area contributed by atoms with Crippen molar-refractivity contribution in [3.8, 4) is 0 Å². The highest BCUT2D eigenvalue weighted by Crippen LogP contribution is 2.22. The van der Waals surface area contributed by atoms with Crippen LogP contribution in [0.5, 0.6) is 0 Å². The highest BCUT2D eigenvalue weighted by atomic mass is 35.5. The van der Waals surface area contributed by atoms with Crippen molar-refractivity contribution in [1.82, 2.24) is 10.2 Å². The number of nitrogens with one attached hydrogen (secondary N) is 1. The fourth-order valence-electron chi connectivity index (χ4n) is 3.36. The highest BCUT2D eigenvalue weighted by molar-refractivity contribution is 7.99. The van der Waals surface area contributed by atoms with E-state index in [1.807, 2.05) is 76.2 Å². The molecule has 0 radical (unpaired) electrons. The molecule has 1 atom stereocenters. The molecule has 0 aliphatic rings. The summed E-state index contributed by atoms with van der Waals surface area (Å²) in [5.41, 5.74) is 2.19. The molecule has 2 rings (SSSR count). The number of hydrogen-bond acceptors (Lipinski definition) is 3. The van der Waals surface area contributed by atoms with E-state index in [1.165, 1.54) is 0 Å². The van der Waals surface area contributed by atoms with Crippen molar-refractivity contribution >= 4 is 35.2 Å². The number of aryl methyl sites for hydroxylation is 1. The molecule has 31 heavy (non-hydrogen) atoms. The van der Waals surface area contributed by atoms with Crippen molar-refractivity contribution in [2.45, 2.75) is 70.5 Å². The van der Waals surface area contributed by atoms with Crippen LogP contribution in [0.15, 0.2) is 53.4 Å². The van der Waals surface area contributed by atoms with Crippen molar-refractivity contribution in [2.24, 2.45) is 0 Å². The molecule has 0 fully saturated rings. The lowest BCUT2D eigenvalue weighted by Crippen LogP contribution is -2.50. The van der Waals surface area contributed by atoms with Crippen LogP contribution in [-0.4, -0.2) is 34.6 Å². The maximum Gasteiger partial charge on any atom is 0.243 e. The second kappa shape index (κ2) is 12.8. The van der Waals surface area contributed by atoms with E-state index in [0.29, 0.717) is 19.4 Å². The summed E-state index contributed by atoms with van der Waals surface area (Å²) in [6, 6.07) is 15.3. The van der Waals surface area contributed by atoms with Crippen molar-refractivity contribution in [3.63, 3.8) is 0 Å². The third-order valence-electron chi connectivity index (χ3n) is 5.04. The molecule has 168 valence electrons. The fourth-order valence-corrected chi connectivity index (χ4v) is 4.34. The molecular weight excluding hydrogens is 428 g/mol. The Morgan fingerprint density at radius 3 is 2.39 bits per heavy atom. The van der Waals surface area contributed by atoms with E-state index < -0.39 is 6.04 Å². The first kappa shape index (κ1) is 25.3. The summed E-state index contributed by atoms with van der Waals surface area (Å²) >= 11 is 7.64. The van der Waals surface area contributed by atoms with Gasteiger partial charge in [-0.25, -0.2) is 0 Å². The van der Waals surface area contributed by atoms with Gasteiger partial charge in [-0.1, -0.05) is 42.8 Å². The first-order chi connectivity index (χ1) is 14.8. The van der Waals surface area contributed by atoms with Crippen LogP contribution in [-0.2, 0) is 16.1 Å². The molecule has 0 aliphatic carbocycles. The van der Waals surface area contributed by atoms with Crippen LogP contribution in [0.1, 0.15) is 51.2 Å². The van der Waals surface area contributed by atoms with E-state index in [4.69, 9.17) is 11.6 Å².